The lowest BCUT2D eigenvalue weighted by Crippen LogP contribution is -2.45. The fourth-order valence-corrected chi connectivity index (χ4v) is 2.53. The number of rotatable bonds is 8. The van der Waals surface area contributed by atoms with Crippen LogP contribution in [-0.4, -0.2) is 67.3 Å². The van der Waals surface area contributed by atoms with Crippen molar-refractivity contribution in [2.75, 3.05) is 44.7 Å². The first-order valence-corrected chi connectivity index (χ1v) is 8.24. The van der Waals surface area contributed by atoms with Gasteiger partial charge in [0.25, 0.3) is 0 Å². The number of benzene rings is 1. The van der Waals surface area contributed by atoms with Gasteiger partial charge >= 0.3 is 5.97 Å². The molecule has 2 rings (SSSR count). The summed E-state index contributed by atoms with van der Waals surface area (Å²) in [5.74, 6) is -1.40. The van der Waals surface area contributed by atoms with Gasteiger partial charge in [0.2, 0.25) is 5.91 Å². The highest BCUT2D eigenvalue weighted by Gasteiger charge is 2.21. The second-order valence-corrected chi connectivity index (χ2v) is 5.99. The van der Waals surface area contributed by atoms with Crippen molar-refractivity contribution in [3.05, 3.63) is 29.3 Å². The molecule has 1 atom stereocenters. The van der Waals surface area contributed by atoms with Crippen molar-refractivity contribution in [1.29, 1.82) is 0 Å². The van der Waals surface area contributed by atoms with E-state index in [1.54, 1.807) is 24.3 Å². The van der Waals surface area contributed by atoms with Gasteiger partial charge in [-0.1, -0.05) is 11.6 Å². The van der Waals surface area contributed by atoms with Crippen LogP contribution < -0.4 is 10.6 Å². The second kappa shape index (κ2) is 9.58. The van der Waals surface area contributed by atoms with Gasteiger partial charge in [-0.05, 0) is 24.3 Å². The smallest absolute Gasteiger partial charge is 0.321 e. The van der Waals surface area contributed by atoms with Gasteiger partial charge in [0.1, 0.15) is 6.04 Å². The van der Waals surface area contributed by atoms with Crippen LogP contribution in [-0.2, 0) is 14.3 Å². The van der Waals surface area contributed by atoms with E-state index in [2.05, 4.69) is 15.5 Å². The first-order chi connectivity index (χ1) is 11.5. The molecule has 1 aliphatic heterocycles. The average Bonchev–Trinajstić information content (AvgIpc) is 2.57. The lowest BCUT2D eigenvalue weighted by atomic mass is 10.2. The van der Waals surface area contributed by atoms with E-state index in [1.807, 2.05) is 0 Å². The zero-order valence-electron chi connectivity index (χ0n) is 13.3. The average molecular weight is 356 g/mol. The van der Waals surface area contributed by atoms with Crippen LogP contribution in [0, 0.1) is 0 Å². The zero-order chi connectivity index (χ0) is 17.4. The minimum atomic E-state index is -1.04. The van der Waals surface area contributed by atoms with Crippen molar-refractivity contribution in [1.82, 2.24) is 10.2 Å². The SMILES string of the molecule is O=C(CC(NCCN1CCOCC1)C(=O)O)Nc1ccc(Cl)cc1. The number of ether oxygens (including phenoxy) is 1. The van der Waals surface area contributed by atoms with E-state index in [1.165, 1.54) is 0 Å². The number of amides is 1. The Morgan fingerprint density at radius 3 is 2.54 bits per heavy atom. The van der Waals surface area contributed by atoms with Crippen molar-refractivity contribution in [3.63, 3.8) is 0 Å². The van der Waals surface area contributed by atoms with E-state index < -0.39 is 12.0 Å². The Kier molecular flexibility index (Phi) is 7.45. The van der Waals surface area contributed by atoms with Crippen molar-refractivity contribution < 1.29 is 19.4 Å². The number of halogens is 1. The highest BCUT2D eigenvalue weighted by atomic mass is 35.5. The maximum absolute atomic E-state index is 12.0. The van der Waals surface area contributed by atoms with Crippen LogP contribution in [0.2, 0.25) is 5.02 Å². The van der Waals surface area contributed by atoms with E-state index in [0.29, 0.717) is 30.5 Å². The zero-order valence-corrected chi connectivity index (χ0v) is 14.1. The van der Waals surface area contributed by atoms with Crippen LogP contribution in [0.5, 0.6) is 0 Å². The molecule has 0 aliphatic carbocycles. The number of carbonyl (C=O) groups excluding carboxylic acids is 1. The Morgan fingerprint density at radius 1 is 1.25 bits per heavy atom. The standard InChI is InChI=1S/C16H22ClN3O4/c17-12-1-3-13(4-2-12)19-15(21)11-14(16(22)23)18-5-6-20-7-9-24-10-8-20/h1-4,14,18H,5-11H2,(H,19,21)(H,22,23). The molecule has 1 fully saturated rings. The Labute approximate surface area is 145 Å². The molecule has 7 nitrogen and oxygen atoms in total. The Morgan fingerprint density at radius 2 is 1.92 bits per heavy atom. The number of anilines is 1. The van der Waals surface area contributed by atoms with E-state index in [-0.39, 0.29) is 12.3 Å². The summed E-state index contributed by atoms with van der Waals surface area (Å²) >= 11 is 5.78. The predicted molar refractivity (Wildman–Crippen MR) is 91.4 cm³/mol. The van der Waals surface area contributed by atoms with Gasteiger partial charge in [0.15, 0.2) is 0 Å². The molecule has 1 aromatic rings. The van der Waals surface area contributed by atoms with Gasteiger partial charge < -0.3 is 20.5 Å². The van der Waals surface area contributed by atoms with Crippen molar-refractivity contribution in [3.8, 4) is 0 Å². The molecule has 1 saturated heterocycles. The quantitative estimate of drug-likeness (QED) is 0.645. The first kappa shape index (κ1) is 18.7. The summed E-state index contributed by atoms with van der Waals surface area (Å²) in [6.07, 6.45) is -0.138. The number of nitrogens with zero attached hydrogens (tertiary/aromatic N) is 1. The molecule has 1 unspecified atom stereocenters. The summed E-state index contributed by atoms with van der Waals surface area (Å²) in [4.78, 5) is 25.5. The van der Waals surface area contributed by atoms with Crippen LogP contribution >= 0.6 is 11.6 Å². The molecule has 0 radical (unpaired) electrons. The molecule has 1 amide bonds. The molecule has 0 saturated carbocycles. The van der Waals surface area contributed by atoms with Gasteiger partial charge in [-0.25, -0.2) is 0 Å². The summed E-state index contributed by atoms with van der Waals surface area (Å²) in [5, 5.41) is 15.4. The van der Waals surface area contributed by atoms with E-state index in [0.717, 1.165) is 19.6 Å². The molecule has 24 heavy (non-hydrogen) atoms. The minimum absolute atomic E-state index is 0.138. The molecule has 0 spiro atoms. The second-order valence-electron chi connectivity index (χ2n) is 5.56. The Balaban J connectivity index is 1.76. The number of hydrogen-bond acceptors (Lipinski definition) is 5. The van der Waals surface area contributed by atoms with Crippen molar-refractivity contribution in [2.24, 2.45) is 0 Å². The highest BCUT2D eigenvalue weighted by Crippen LogP contribution is 2.13. The molecule has 3 N–H and O–H groups in total. The maximum Gasteiger partial charge on any atom is 0.321 e. The maximum atomic E-state index is 12.0. The fraction of sp³-hybridized carbons (Fsp3) is 0.500. The lowest BCUT2D eigenvalue weighted by Gasteiger charge is -2.27. The van der Waals surface area contributed by atoms with E-state index in [9.17, 15) is 14.7 Å². The molecular weight excluding hydrogens is 334 g/mol. The summed E-state index contributed by atoms with van der Waals surface area (Å²) in [7, 11) is 0. The molecule has 0 aromatic heterocycles. The summed E-state index contributed by atoms with van der Waals surface area (Å²) in [5.41, 5.74) is 0.585. The van der Waals surface area contributed by atoms with Crippen LogP contribution in [0.1, 0.15) is 6.42 Å². The summed E-state index contributed by atoms with van der Waals surface area (Å²) in [6, 6.07) is 5.74. The number of aliphatic carboxylic acids is 1. The Bertz CT molecular complexity index is 547. The molecule has 8 heteroatoms. The minimum Gasteiger partial charge on any atom is -0.480 e. The first-order valence-electron chi connectivity index (χ1n) is 7.86. The van der Waals surface area contributed by atoms with Crippen molar-refractivity contribution in [2.45, 2.75) is 12.5 Å². The molecular formula is C16H22ClN3O4. The van der Waals surface area contributed by atoms with Gasteiger partial charge in [0, 0.05) is 36.9 Å². The Hall–Kier alpha value is -1.67. The monoisotopic (exact) mass is 355 g/mol. The van der Waals surface area contributed by atoms with Gasteiger partial charge in [0.05, 0.1) is 19.6 Å². The normalized spacial score (nSPS) is 16.5. The number of carbonyl (C=O) groups is 2. The van der Waals surface area contributed by atoms with Gasteiger partial charge in [-0.3, -0.25) is 14.5 Å². The number of carboxylic acids is 1. The summed E-state index contributed by atoms with van der Waals surface area (Å²) < 4.78 is 5.26. The van der Waals surface area contributed by atoms with Crippen LogP contribution in [0.4, 0.5) is 5.69 Å². The number of carboxylic acid groups (broad SMARTS) is 1. The number of nitrogens with one attached hydrogen (secondary N) is 2. The molecule has 132 valence electrons. The van der Waals surface area contributed by atoms with Crippen LogP contribution in [0.15, 0.2) is 24.3 Å². The topological polar surface area (TPSA) is 90.9 Å². The molecule has 0 bridgehead atoms. The molecule has 1 heterocycles. The lowest BCUT2D eigenvalue weighted by molar-refractivity contribution is -0.141. The van der Waals surface area contributed by atoms with Crippen molar-refractivity contribution >= 4 is 29.2 Å². The number of hydrogen-bond donors (Lipinski definition) is 3. The highest BCUT2D eigenvalue weighted by molar-refractivity contribution is 6.30. The number of morpholine rings is 1. The van der Waals surface area contributed by atoms with Crippen LogP contribution in [0.25, 0.3) is 0 Å². The molecule has 1 aliphatic rings. The largest absolute Gasteiger partial charge is 0.480 e. The van der Waals surface area contributed by atoms with Gasteiger partial charge in [-0.2, -0.15) is 0 Å². The van der Waals surface area contributed by atoms with Crippen LogP contribution in [0.3, 0.4) is 0 Å². The third kappa shape index (κ3) is 6.45. The third-order valence-electron chi connectivity index (χ3n) is 3.74. The third-order valence-corrected chi connectivity index (χ3v) is 3.99. The summed E-state index contributed by atoms with van der Waals surface area (Å²) in [6.45, 7) is 4.32. The predicted octanol–water partition coefficient (Wildman–Crippen LogP) is 1.04. The molecule has 1 aromatic carbocycles. The van der Waals surface area contributed by atoms with E-state index >= 15 is 0 Å². The fourth-order valence-electron chi connectivity index (χ4n) is 2.40. The van der Waals surface area contributed by atoms with E-state index in [4.69, 9.17) is 16.3 Å². The van der Waals surface area contributed by atoms with Gasteiger partial charge in [-0.15, -0.1) is 0 Å².